The molecule has 0 spiro atoms. The van der Waals surface area contributed by atoms with E-state index in [0.29, 0.717) is 18.9 Å². The molecule has 2 fully saturated rings. The Morgan fingerprint density at radius 2 is 2.23 bits per heavy atom. The van der Waals surface area contributed by atoms with Crippen molar-refractivity contribution in [1.29, 1.82) is 0 Å². The number of likely N-dealkylation sites (tertiary alicyclic amines) is 1. The van der Waals surface area contributed by atoms with Gasteiger partial charge in [-0.2, -0.15) is 0 Å². The molecule has 0 aromatic rings. The number of hydrogen-bond acceptors (Lipinski definition) is 2. The Bertz CT molecular complexity index is 248. The summed E-state index contributed by atoms with van der Waals surface area (Å²) in [6.07, 6.45) is 3.53. The van der Waals surface area contributed by atoms with Crippen LogP contribution in [0.1, 0.15) is 25.7 Å². The molecule has 1 saturated heterocycles. The summed E-state index contributed by atoms with van der Waals surface area (Å²) in [5.74, 6) is 0.105. The minimum atomic E-state index is -0.335. The number of nitrogens with two attached hydrogens (primary N) is 1. The lowest BCUT2D eigenvalue weighted by Gasteiger charge is -2.24. The van der Waals surface area contributed by atoms with Gasteiger partial charge in [0.1, 0.15) is 6.04 Å². The van der Waals surface area contributed by atoms with Gasteiger partial charge in [0.05, 0.1) is 0 Å². The van der Waals surface area contributed by atoms with E-state index in [4.69, 9.17) is 5.73 Å². The highest BCUT2D eigenvalue weighted by Gasteiger charge is 2.42. The first-order valence-electron chi connectivity index (χ1n) is 4.79. The number of carbonyl (C=O) groups is 2. The third-order valence-electron chi connectivity index (χ3n) is 2.81. The van der Waals surface area contributed by atoms with Gasteiger partial charge in [0, 0.05) is 13.0 Å². The van der Waals surface area contributed by atoms with Gasteiger partial charge in [-0.05, 0) is 25.2 Å². The van der Waals surface area contributed by atoms with Crippen LogP contribution < -0.4 is 5.73 Å². The van der Waals surface area contributed by atoms with E-state index in [1.165, 1.54) is 0 Å². The van der Waals surface area contributed by atoms with Gasteiger partial charge >= 0.3 is 0 Å². The van der Waals surface area contributed by atoms with Gasteiger partial charge in [-0.1, -0.05) is 0 Å². The summed E-state index contributed by atoms with van der Waals surface area (Å²) >= 11 is 0. The largest absolute Gasteiger partial charge is 0.368 e. The van der Waals surface area contributed by atoms with Crippen molar-refractivity contribution in [3.63, 3.8) is 0 Å². The van der Waals surface area contributed by atoms with Crippen molar-refractivity contribution in [2.24, 2.45) is 11.7 Å². The maximum Gasteiger partial charge on any atom is 0.240 e. The molecule has 0 aromatic carbocycles. The summed E-state index contributed by atoms with van der Waals surface area (Å²) < 4.78 is 0. The van der Waals surface area contributed by atoms with E-state index in [9.17, 15) is 9.59 Å². The van der Waals surface area contributed by atoms with Crippen LogP contribution in [0.4, 0.5) is 0 Å². The zero-order valence-corrected chi connectivity index (χ0v) is 7.53. The molecule has 2 N–H and O–H groups in total. The summed E-state index contributed by atoms with van der Waals surface area (Å²) in [6, 6.07) is -0.310. The average Bonchev–Trinajstić information content (AvgIpc) is 2.78. The van der Waals surface area contributed by atoms with E-state index < -0.39 is 0 Å². The molecule has 2 rings (SSSR count). The first-order chi connectivity index (χ1) is 6.20. The number of amides is 2. The van der Waals surface area contributed by atoms with Gasteiger partial charge in [0.2, 0.25) is 11.8 Å². The van der Waals surface area contributed by atoms with Crippen LogP contribution in [0, 0.1) is 5.92 Å². The van der Waals surface area contributed by atoms with E-state index >= 15 is 0 Å². The molecule has 1 aliphatic heterocycles. The number of rotatable bonds is 3. The van der Waals surface area contributed by atoms with Crippen molar-refractivity contribution in [2.45, 2.75) is 31.7 Å². The molecule has 0 radical (unpaired) electrons. The van der Waals surface area contributed by atoms with Crippen molar-refractivity contribution < 1.29 is 9.59 Å². The van der Waals surface area contributed by atoms with Crippen LogP contribution in [0.5, 0.6) is 0 Å². The molecule has 13 heavy (non-hydrogen) atoms. The summed E-state index contributed by atoms with van der Waals surface area (Å²) in [5.41, 5.74) is 5.29. The molecular formula is C9H14N2O2. The van der Waals surface area contributed by atoms with Crippen LogP contribution in [0.15, 0.2) is 0 Å². The van der Waals surface area contributed by atoms with Gasteiger partial charge in [-0.25, -0.2) is 0 Å². The zero-order valence-electron chi connectivity index (χ0n) is 7.53. The van der Waals surface area contributed by atoms with Gasteiger partial charge in [-0.3, -0.25) is 9.59 Å². The molecule has 0 aromatic heterocycles. The second kappa shape index (κ2) is 3.01. The monoisotopic (exact) mass is 182 g/mol. The predicted octanol–water partition coefficient (Wildman–Crippen LogP) is -0.127. The number of hydrogen-bond donors (Lipinski definition) is 1. The SMILES string of the molecule is NC(=O)C(C1CC1)N1CCCC1=O. The van der Waals surface area contributed by atoms with Gasteiger partial charge in [0.25, 0.3) is 0 Å². The van der Waals surface area contributed by atoms with Gasteiger partial charge in [0.15, 0.2) is 0 Å². The summed E-state index contributed by atoms with van der Waals surface area (Å²) in [7, 11) is 0. The first-order valence-corrected chi connectivity index (χ1v) is 4.79. The Morgan fingerprint density at radius 1 is 1.54 bits per heavy atom. The maximum atomic E-state index is 11.4. The molecule has 1 aliphatic carbocycles. The smallest absolute Gasteiger partial charge is 0.240 e. The van der Waals surface area contributed by atoms with E-state index in [2.05, 4.69) is 0 Å². The summed E-state index contributed by atoms with van der Waals surface area (Å²) in [4.78, 5) is 24.2. The Labute approximate surface area is 77.1 Å². The number of carbonyl (C=O) groups excluding carboxylic acids is 2. The summed E-state index contributed by atoms with van der Waals surface area (Å²) in [5, 5.41) is 0. The molecule has 2 aliphatic rings. The lowest BCUT2D eigenvalue weighted by atomic mass is 10.1. The highest BCUT2D eigenvalue weighted by molar-refractivity contribution is 5.88. The Balaban J connectivity index is 2.09. The number of nitrogens with zero attached hydrogens (tertiary/aromatic N) is 1. The molecule has 4 nitrogen and oxygen atoms in total. The lowest BCUT2D eigenvalue weighted by Crippen LogP contribution is -2.46. The molecule has 1 saturated carbocycles. The Hall–Kier alpha value is -1.06. The normalized spacial score (nSPS) is 24.9. The van der Waals surface area contributed by atoms with Crippen LogP contribution >= 0.6 is 0 Å². The van der Waals surface area contributed by atoms with E-state index in [0.717, 1.165) is 19.3 Å². The third kappa shape index (κ3) is 1.53. The molecule has 1 atom stereocenters. The molecule has 72 valence electrons. The fourth-order valence-electron chi connectivity index (χ4n) is 2.02. The summed E-state index contributed by atoms with van der Waals surface area (Å²) in [6.45, 7) is 0.711. The second-order valence-corrected chi connectivity index (χ2v) is 3.88. The minimum absolute atomic E-state index is 0.0932. The standard InChI is InChI=1S/C9H14N2O2/c10-9(13)8(6-3-4-6)11-5-1-2-7(11)12/h6,8H,1-5H2,(H2,10,13). The molecule has 4 heteroatoms. The van der Waals surface area contributed by atoms with Crippen LogP contribution in [-0.2, 0) is 9.59 Å². The Morgan fingerprint density at radius 3 is 2.62 bits per heavy atom. The van der Waals surface area contributed by atoms with E-state index in [1.54, 1.807) is 4.90 Å². The zero-order chi connectivity index (χ0) is 9.42. The van der Waals surface area contributed by atoms with Crippen molar-refractivity contribution in [3.8, 4) is 0 Å². The Kier molecular flexibility index (Phi) is 1.98. The fourth-order valence-corrected chi connectivity index (χ4v) is 2.02. The fraction of sp³-hybridized carbons (Fsp3) is 0.778. The van der Waals surface area contributed by atoms with E-state index in [1.807, 2.05) is 0 Å². The van der Waals surface area contributed by atoms with Gasteiger partial charge in [-0.15, -0.1) is 0 Å². The van der Waals surface area contributed by atoms with Crippen LogP contribution in [0.3, 0.4) is 0 Å². The predicted molar refractivity (Wildman–Crippen MR) is 46.7 cm³/mol. The maximum absolute atomic E-state index is 11.4. The van der Waals surface area contributed by atoms with Crippen molar-refractivity contribution in [3.05, 3.63) is 0 Å². The number of primary amides is 1. The quantitative estimate of drug-likeness (QED) is 0.661. The van der Waals surface area contributed by atoms with Crippen LogP contribution in [0.25, 0.3) is 0 Å². The molecule has 1 heterocycles. The van der Waals surface area contributed by atoms with Crippen molar-refractivity contribution >= 4 is 11.8 Å². The first kappa shape index (κ1) is 8.53. The molecular weight excluding hydrogens is 168 g/mol. The second-order valence-electron chi connectivity index (χ2n) is 3.88. The van der Waals surface area contributed by atoms with Crippen molar-refractivity contribution in [1.82, 2.24) is 4.90 Å². The van der Waals surface area contributed by atoms with Crippen LogP contribution in [-0.4, -0.2) is 29.3 Å². The lowest BCUT2D eigenvalue weighted by molar-refractivity contribution is -0.136. The third-order valence-corrected chi connectivity index (χ3v) is 2.81. The van der Waals surface area contributed by atoms with E-state index in [-0.39, 0.29) is 17.9 Å². The average molecular weight is 182 g/mol. The minimum Gasteiger partial charge on any atom is -0.368 e. The van der Waals surface area contributed by atoms with Crippen molar-refractivity contribution in [2.75, 3.05) is 6.54 Å². The molecule has 2 amide bonds. The van der Waals surface area contributed by atoms with Gasteiger partial charge < -0.3 is 10.6 Å². The highest BCUT2D eigenvalue weighted by Crippen LogP contribution is 2.36. The highest BCUT2D eigenvalue weighted by atomic mass is 16.2. The molecule has 1 unspecified atom stereocenters. The topological polar surface area (TPSA) is 63.4 Å². The van der Waals surface area contributed by atoms with Crippen LogP contribution in [0.2, 0.25) is 0 Å². The molecule has 0 bridgehead atoms.